The number of hydrogen-bond acceptors (Lipinski definition) is 4. The van der Waals surface area contributed by atoms with Crippen LogP contribution < -0.4 is 5.73 Å². The Labute approximate surface area is 105 Å². The van der Waals surface area contributed by atoms with E-state index >= 15 is 0 Å². The van der Waals surface area contributed by atoms with Gasteiger partial charge in [-0.25, -0.2) is 0 Å². The predicted octanol–water partition coefficient (Wildman–Crippen LogP) is 0.803. The van der Waals surface area contributed by atoms with Crippen molar-refractivity contribution in [1.29, 1.82) is 0 Å². The third kappa shape index (κ3) is 1.82. The van der Waals surface area contributed by atoms with Crippen molar-refractivity contribution in [2.75, 3.05) is 13.1 Å². The monoisotopic (exact) mass is 242 g/mol. The third-order valence-corrected chi connectivity index (χ3v) is 3.11. The summed E-state index contributed by atoms with van der Waals surface area (Å²) in [7, 11) is 0. The normalized spacial score (nSPS) is 17.6. The van der Waals surface area contributed by atoms with Crippen molar-refractivity contribution in [2.24, 2.45) is 5.73 Å². The summed E-state index contributed by atoms with van der Waals surface area (Å²) < 4.78 is 0. The molecular weight excluding hydrogens is 228 g/mol. The molecule has 5 nitrogen and oxygen atoms in total. The first-order chi connectivity index (χ1) is 8.55. The van der Waals surface area contributed by atoms with Gasteiger partial charge >= 0.3 is 0 Å². The summed E-state index contributed by atoms with van der Waals surface area (Å²) in [6, 6.07) is 5.37. The molecule has 0 radical (unpaired) electrons. The van der Waals surface area contributed by atoms with Gasteiger partial charge in [0.15, 0.2) is 0 Å². The van der Waals surface area contributed by atoms with Gasteiger partial charge in [-0.2, -0.15) is 0 Å². The van der Waals surface area contributed by atoms with E-state index < -0.39 is 0 Å². The Kier molecular flexibility index (Phi) is 2.31. The van der Waals surface area contributed by atoms with Crippen molar-refractivity contribution >= 4 is 16.9 Å². The molecule has 2 heterocycles. The van der Waals surface area contributed by atoms with E-state index in [1.165, 1.54) is 0 Å². The molecule has 1 fully saturated rings. The third-order valence-electron chi connectivity index (χ3n) is 3.11. The lowest BCUT2D eigenvalue weighted by molar-refractivity contribution is 0.0454. The highest BCUT2D eigenvalue weighted by Crippen LogP contribution is 2.21. The molecule has 1 saturated heterocycles. The van der Waals surface area contributed by atoms with Gasteiger partial charge in [0.1, 0.15) is 0 Å². The fourth-order valence-electron chi connectivity index (χ4n) is 2.25. The van der Waals surface area contributed by atoms with Gasteiger partial charge in [-0.15, -0.1) is 0 Å². The minimum Gasteiger partial charge on any atom is -0.335 e. The predicted molar refractivity (Wildman–Crippen MR) is 68.0 cm³/mol. The first-order valence-electron chi connectivity index (χ1n) is 5.84. The van der Waals surface area contributed by atoms with Gasteiger partial charge in [-0.05, 0) is 25.1 Å². The number of nitrogens with two attached hydrogens (primary N) is 1. The van der Waals surface area contributed by atoms with Crippen LogP contribution in [0.3, 0.4) is 0 Å². The van der Waals surface area contributed by atoms with E-state index in [-0.39, 0.29) is 11.4 Å². The van der Waals surface area contributed by atoms with Gasteiger partial charge in [0, 0.05) is 36.6 Å². The van der Waals surface area contributed by atoms with Gasteiger partial charge in [0.05, 0.1) is 11.0 Å². The summed E-state index contributed by atoms with van der Waals surface area (Å²) in [5.74, 6) is 0.00507. The minimum atomic E-state index is -0.244. The lowest BCUT2D eigenvalue weighted by Crippen LogP contribution is -2.66. The number of aromatic nitrogens is 2. The van der Waals surface area contributed by atoms with Gasteiger partial charge in [-0.3, -0.25) is 14.8 Å². The van der Waals surface area contributed by atoms with Crippen LogP contribution >= 0.6 is 0 Å². The lowest BCUT2D eigenvalue weighted by Gasteiger charge is -2.45. The van der Waals surface area contributed by atoms with Crippen molar-refractivity contribution < 1.29 is 4.79 Å². The van der Waals surface area contributed by atoms with Crippen LogP contribution in [-0.2, 0) is 0 Å². The number of benzene rings is 1. The molecule has 3 rings (SSSR count). The van der Waals surface area contributed by atoms with E-state index in [4.69, 9.17) is 5.73 Å². The Bertz CT molecular complexity index is 615. The molecule has 92 valence electrons. The zero-order valence-electron chi connectivity index (χ0n) is 10.1. The Morgan fingerprint density at radius 1 is 1.28 bits per heavy atom. The average molecular weight is 242 g/mol. The van der Waals surface area contributed by atoms with Crippen LogP contribution in [0.15, 0.2) is 30.6 Å². The van der Waals surface area contributed by atoms with Crippen molar-refractivity contribution in [1.82, 2.24) is 14.9 Å². The standard InChI is InChI=1S/C13H14N4O/c1-13(14)7-17(8-13)12(18)9-2-3-10-11(6-9)16-5-4-15-10/h2-6H,7-8,14H2,1H3. The molecule has 1 amide bonds. The van der Waals surface area contributed by atoms with Crippen molar-refractivity contribution in [2.45, 2.75) is 12.5 Å². The summed E-state index contributed by atoms with van der Waals surface area (Å²) in [6.07, 6.45) is 3.26. The van der Waals surface area contributed by atoms with Gasteiger partial charge in [-0.1, -0.05) is 0 Å². The van der Waals surface area contributed by atoms with E-state index in [1.54, 1.807) is 29.4 Å². The summed E-state index contributed by atoms with van der Waals surface area (Å²) in [5, 5.41) is 0. The van der Waals surface area contributed by atoms with Crippen molar-refractivity contribution in [3.05, 3.63) is 36.2 Å². The summed E-state index contributed by atoms with van der Waals surface area (Å²) in [4.78, 5) is 22.3. The second-order valence-corrected chi connectivity index (χ2v) is 5.08. The zero-order chi connectivity index (χ0) is 12.8. The maximum atomic E-state index is 12.2. The molecule has 1 aliphatic heterocycles. The van der Waals surface area contributed by atoms with Crippen molar-refractivity contribution in [3.8, 4) is 0 Å². The molecule has 2 N–H and O–H groups in total. The van der Waals surface area contributed by atoms with E-state index in [0.29, 0.717) is 18.7 Å². The number of likely N-dealkylation sites (tertiary alicyclic amines) is 1. The molecule has 0 bridgehead atoms. The fourth-order valence-corrected chi connectivity index (χ4v) is 2.25. The number of carbonyl (C=O) groups excluding carboxylic acids is 1. The van der Waals surface area contributed by atoms with Gasteiger partial charge in [0.25, 0.3) is 5.91 Å². The first-order valence-corrected chi connectivity index (χ1v) is 5.84. The molecule has 1 aromatic heterocycles. The molecular formula is C13H14N4O. The largest absolute Gasteiger partial charge is 0.335 e. The number of fused-ring (bicyclic) bond motifs is 1. The number of nitrogens with zero attached hydrogens (tertiary/aromatic N) is 3. The Balaban J connectivity index is 1.88. The highest BCUT2D eigenvalue weighted by atomic mass is 16.2. The number of rotatable bonds is 1. The highest BCUT2D eigenvalue weighted by molar-refractivity contribution is 5.97. The van der Waals surface area contributed by atoms with Crippen LogP contribution in [0.1, 0.15) is 17.3 Å². The molecule has 1 aliphatic rings. The minimum absolute atomic E-state index is 0.00507. The molecule has 5 heteroatoms. The summed E-state index contributed by atoms with van der Waals surface area (Å²) in [5.41, 5.74) is 7.82. The van der Waals surface area contributed by atoms with Crippen LogP contribution in [0.25, 0.3) is 11.0 Å². The first kappa shape index (κ1) is 11.1. The van der Waals surface area contributed by atoms with Gasteiger partial charge in [0.2, 0.25) is 0 Å². The number of hydrogen-bond donors (Lipinski definition) is 1. The molecule has 0 atom stereocenters. The van der Waals surface area contributed by atoms with E-state index in [0.717, 1.165) is 11.0 Å². The van der Waals surface area contributed by atoms with Crippen LogP contribution in [0.4, 0.5) is 0 Å². The molecule has 0 aliphatic carbocycles. The average Bonchev–Trinajstić information content (AvgIpc) is 2.34. The SMILES string of the molecule is CC1(N)CN(C(=O)c2ccc3nccnc3c2)C1. The van der Waals surface area contributed by atoms with Crippen LogP contribution in [0, 0.1) is 0 Å². The Morgan fingerprint density at radius 3 is 2.61 bits per heavy atom. The maximum absolute atomic E-state index is 12.2. The maximum Gasteiger partial charge on any atom is 0.254 e. The van der Waals surface area contributed by atoms with Crippen LogP contribution in [0.5, 0.6) is 0 Å². The van der Waals surface area contributed by atoms with Crippen LogP contribution in [-0.4, -0.2) is 39.4 Å². The lowest BCUT2D eigenvalue weighted by atomic mass is 9.93. The zero-order valence-corrected chi connectivity index (χ0v) is 10.1. The van der Waals surface area contributed by atoms with E-state index in [2.05, 4.69) is 9.97 Å². The molecule has 2 aromatic rings. The highest BCUT2D eigenvalue weighted by Gasteiger charge is 2.38. The quantitative estimate of drug-likeness (QED) is 0.803. The summed E-state index contributed by atoms with van der Waals surface area (Å²) >= 11 is 0. The fraction of sp³-hybridized carbons (Fsp3) is 0.308. The number of carbonyl (C=O) groups is 1. The smallest absolute Gasteiger partial charge is 0.254 e. The molecule has 0 saturated carbocycles. The summed E-state index contributed by atoms with van der Waals surface area (Å²) in [6.45, 7) is 3.15. The molecule has 18 heavy (non-hydrogen) atoms. The Hall–Kier alpha value is -2.01. The van der Waals surface area contributed by atoms with Crippen LogP contribution in [0.2, 0.25) is 0 Å². The van der Waals surface area contributed by atoms with E-state index in [9.17, 15) is 4.79 Å². The van der Waals surface area contributed by atoms with Gasteiger partial charge < -0.3 is 10.6 Å². The second-order valence-electron chi connectivity index (χ2n) is 5.08. The van der Waals surface area contributed by atoms with Crippen molar-refractivity contribution in [3.63, 3.8) is 0 Å². The topological polar surface area (TPSA) is 72.1 Å². The second kappa shape index (κ2) is 3.74. The Morgan fingerprint density at radius 2 is 1.94 bits per heavy atom. The number of amides is 1. The molecule has 0 spiro atoms. The molecule has 1 aromatic carbocycles. The van der Waals surface area contributed by atoms with E-state index in [1.807, 2.05) is 13.0 Å². The molecule has 0 unspecified atom stereocenters.